The number of piperidine rings is 1. The van der Waals surface area contributed by atoms with E-state index < -0.39 is 0 Å². The van der Waals surface area contributed by atoms with Crippen molar-refractivity contribution in [2.75, 3.05) is 26.7 Å². The Kier molecular flexibility index (Phi) is 6.87. The molecule has 1 aliphatic carbocycles. The lowest BCUT2D eigenvalue weighted by atomic mass is 9.93. The standard InChI is InChI=1S/C18H28N2O2/c1-3-4-10-20-11-8-15(9-12-20)13-18(21)19-16-6-5-7-17(14-16)22-2/h3,5-7,15,17H,1,4,8-14H2,2H3,(H,19,21). The predicted molar refractivity (Wildman–Crippen MR) is 89.4 cm³/mol. The normalized spacial score (nSPS) is 23.1. The Bertz CT molecular complexity index is 434. The van der Waals surface area contributed by atoms with Gasteiger partial charge in [0.25, 0.3) is 0 Å². The van der Waals surface area contributed by atoms with Gasteiger partial charge in [-0.05, 0) is 44.3 Å². The van der Waals surface area contributed by atoms with Crippen LogP contribution in [-0.2, 0) is 9.53 Å². The van der Waals surface area contributed by atoms with Crippen molar-refractivity contribution < 1.29 is 9.53 Å². The zero-order valence-corrected chi connectivity index (χ0v) is 13.6. The largest absolute Gasteiger partial charge is 0.377 e. The van der Waals surface area contributed by atoms with E-state index in [1.165, 1.54) is 0 Å². The van der Waals surface area contributed by atoms with Crippen molar-refractivity contribution in [3.05, 3.63) is 36.6 Å². The van der Waals surface area contributed by atoms with Gasteiger partial charge in [-0.1, -0.05) is 18.2 Å². The zero-order valence-electron chi connectivity index (χ0n) is 13.6. The number of hydrogen-bond donors (Lipinski definition) is 1. The second-order valence-corrected chi connectivity index (χ2v) is 6.17. The van der Waals surface area contributed by atoms with Crippen molar-refractivity contribution in [2.24, 2.45) is 5.92 Å². The Morgan fingerprint density at radius 2 is 2.27 bits per heavy atom. The molecule has 2 aliphatic rings. The molecule has 122 valence electrons. The van der Waals surface area contributed by atoms with Crippen molar-refractivity contribution in [3.8, 4) is 0 Å². The van der Waals surface area contributed by atoms with Gasteiger partial charge in [0.05, 0.1) is 6.10 Å². The number of methoxy groups -OCH3 is 1. The summed E-state index contributed by atoms with van der Waals surface area (Å²) in [4.78, 5) is 14.7. The van der Waals surface area contributed by atoms with Crippen LogP contribution in [0.4, 0.5) is 0 Å². The van der Waals surface area contributed by atoms with Gasteiger partial charge in [0.2, 0.25) is 5.91 Å². The van der Waals surface area contributed by atoms with Crippen LogP contribution >= 0.6 is 0 Å². The number of ether oxygens (including phenoxy) is 1. The number of nitrogens with one attached hydrogen (secondary N) is 1. The molecular formula is C18H28N2O2. The molecule has 0 aromatic rings. The number of likely N-dealkylation sites (tertiary alicyclic amines) is 1. The smallest absolute Gasteiger partial charge is 0.224 e. The molecule has 1 aliphatic heterocycles. The molecule has 1 unspecified atom stereocenters. The number of rotatable bonds is 7. The molecule has 1 N–H and O–H groups in total. The highest BCUT2D eigenvalue weighted by Crippen LogP contribution is 2.21. The van der Waals surface area contributed by atoms with E-state index in [-0.39, 0.29) is 12.0 Å². The third kappa shape index (κ3) is 5.43. The predicted octanol–water partition coefficient (Wildman–Crippen LogP) is 2.64. The minimum atomic E-state index is 0.0772. The molecule has 2 rings (SSSR count). The van der Waals surface area contributed by atoms with Gasteiger partial charge in [0.1, 0.15) is 0 Å². The van der Waals surface area contributed by atoms with Gasteiger partial charge < -0.3 is 15.0 Å². The van der Waals surface area contributed by atoms with Gasteiger partial charge >= 0.3 is 0 Å². The number of hydrogen-bond acceptors (Lipinski definition) is 3. The Balaban J connectivity index is 1.69. The molecule has 1 amide bonds. The van der Waals surface area contributed by atoms with E-state index in [0.717, 1.165) is 51.0 Å². The Hall–Kier alpha value is -1.39. The molecule has 1 atom stereocenters. The summed E-state index contributed by atoms with van der Waals surface area (Å²) in [5.41, 5.74) is 0.961. The van der Waals surface area contributed by atoms with Crippen LogP contribution in [0.1, 0.15) is 32.1 Å². The molecule has 4 nitrogen and oxygen atoms in total. The Labute approximate surface area is 133 Å². The second kappa shape index (κ2) is 8.91. The van der Waals surface area contributed by atoms with Crippen molar-refractivity contribution in [1.82, 2.24) is 10.2 Å². The molecule has 0 aromatic carbocycles. The lowest BCUT2D eigenvalue weighted by Crippen LogP contribution is -2.36. The van der Waals surface area contributed by atoms with Gasteiger partial charge in [-0.3, -0.25) is 4.79 Å². The lowest BCUT2D eigenvalue weighted by Gasteiger charge is -2.31. The molecule has 0 saturated carbocycles. The van der Waals surface area contributed by atoms with E-state index in [9.17, 15) is 4.79 Å². The number of allylic oxidation sites excluding steroid dienone is 2. The third-order valence-electron chi connectivity index (χ3n) is 4.48. The summed E-state index contributed by atoms with van der Waals surface area (Å²) in [5.74, 6) is 0.652. The molecule has 0 bridgehead atoms. The lowest BCUT2D eigenvalue weighted by molar-refractivity contribution is -0.121. The van der Waals surface area contributed by atoms with E-state index in [1.807, 2.05) is 24.3 Å². The van der Waals surface area contributed by atoms with Crippen LogP contribution in [0.15, 0.2) is 36.6 Å². The Morgan fingerprint density at radius 3 is 2.95 bits per heavy atom. The molecule has 1 heterocycles. The van der Waals surface area contributed by atoms with Crippen molar-refractivity contribution in [2.45, 2.75) is 38.2 Å². The third-order valence-corrected chi connectivity index (χ3v) is 4.48. The summed E-state index contributed by atoms with van der Waals surface area (Å²) < 4.78 is 5.31. The molecule has 4 heteroatoms. The minimum Gasteiger partial charge on any atom is -0.377 e. The monoisotopic (exact) mass is 304 g/mol. The fourth-order valence-corrected chi connectivity index (χ4v) is 3.08. The summed E-state index contributed by atoms with van der Waals surface area (Å²) in [7, 11) is 1.69. The highest BCUT2D eigenvalue weighted by Gasteiger charge is 2.22. The first-order chi connectivity index (χ1) is 10.7. The molecular weight excluding hydrogens is 276 g/mol. The van der Waals surface area contributed by atoms with E-state index in [1.54, 1.807) is 7.11 Å². The van der Waals surface area contributed by atoms with Crippen LogP contribution in [0.5, 0.6) is 0 Å². The topological polar surface area (TPSA) is 41.6 Å². The highest BCUT2D eigenvalue weighted by atomic mass is 16.5. The van der Waals surface area contributed by atoms with Crippen LogP contribution in [0.2, 0.25) is 0 Å². The number of carbonyl (C=O) groups is 1. The number of nitrogens with zero attached hydrogens (tertiary/aromatic N) is 1. The van der Waals surface area contributed by atoms with Crippen LogP contribution in [-0.4, -0.2) is 43.7 Å². The SMILES string of the molecule is C=CCCN1CCC(CC(=O)NC2=CC=CC(OC)C2)CC1. The molecule has 1 fully saturated rings. The first kappa shape index (κ1) is 17.0. The van der Waals surface area contributed by atoms with Gasteiger partial charge in [0.15, 0.2) is 0 Å². The molecule has 22 heavy (non-hydrogen) atoms. The maximum atomic E-state index is 12.2. The number of amides is 1. The highest BCUT2D eigenvalue weighted by molar-refractivity contribution is 5.78. The summed E-state index contributed by atoms with van der Waals surface area (Å²) in [6, 6.07) is 0. The first-order valence-corrected chi connectivity index (χ1v) is 8.24. The minimum absolute atomic E-state index is 0.0772. The van der Waals surface area contributed by atoms with E-state index >= 15 is 0 Å². The molecule has 1 saturated heterocycles. The van der Waals surface area contributed by atoms with Crippen LogP contribution < -0.4 is 5.32 Å². The van der Waals surface area contributed by atoms with Crippen LogP contribution in [0, 0.1) is 5.92 Å². The summed E-state index contributed by atoms with van der Waals surface area (Å²) >= 11 is 0. The van der Waals surface area contributed by atoms with E-state index in [0.29, 0.717) is 12.3 Å². The fraction of sp³-hybridized carbons (Fsp3) is 0.611. The van der Waals surface area contributed by atoms with Gasteiger partial charge in [-0.25, -0.2) is 0 Å². The molecule has 0 aromatic heterocycles. The zero-order chi connectivity index (χ0) is 15.8. The second-order valence-electron chi connectivity index (χ2n) is 6.17. The van der Waals surface area contributed by atoms with E-state index in [2.05, 4.69) is 16.8 Å². The fourth-order valence-electron chi connectivity index (χ4n) is 3.08. The van der Waals surface area contributed by atoms with Crippen molar-refractivity contribution >= 4 is 5.91 Å². The Morgan fingerprint density at radius 1 is 1.50 bits per heavy atom. The first-order valence-electron chi connectivity index (χ1n) is 8.24. The van der Waals surface area contributed by atoms with Gasteiger partial charge in [0, 0.05) is 32.2 Å². The van der Waals surface area contributed by atoms with Crippen LogP contribution in [0.3, 0.4) is 0 Å². The van der Waals surface area contributed by atoms with Crippen molar-refractivity contribution in [3.63, 3.8) is 0 Å². The summed E-state index contributed by atoms with van der Waals surface area (Å²) in [6.07, 6.45) is 12.6. The maximum Gasteiger partial charge on any atom is 0.224 e. The average molecular weight is 304 g/mol. The van der Waals surface area contributed by atoms with Crippen LogP contribution in [0.25, 0.3) is 0 Å². The van der Waals surface area contributed by atoms with Gasteiger partial charge in [-0.2, -0.15) is 0 Å². The van der Waals surface area contributed by atoms with Crippen molar-refractivity contribution in [1.29, 1.82) is 0 Å². The molecule has 0 radical (unpaired) electrons. The summed E-state index contributed by atoms with van der Waals surface area (Å²) in [5, 5.41) is 3.04. The average Bonchev–Trinajstić information content (AvgIpc) is 2.54. The number of carbonyl (C=O) groups excluding carboxylic acids is 1. The van der Waals surface area contributed by atoms with Gasteiger partial charge in [-0.15, -0.1) is 6.58 Å². The summed E-state index contributed by atoms with van der Waals surface area (Å²) in [6.45, 7) is 7.07. The van der Waals surface area contributed by atoms with E-state index in [4.69, 9.17) is 4.74 Å². The quantitative estimate of drug-likeness (QED) is 0.735. The maximum absolute atomic E-state index is 12.2. The molecule has 0 spiro atoms.